The van der Waals surface area contributed by atoms with E-state index in [1.165, 1.54) is 12.1 Å². The van der Waals surface area contributed by atoms with Crippen molar-refractivity contribution >= 4 is 22.9 Å². The molecule has 1 amide bonds. The number of nitrogens with one attached hydrogen (secondary N) is 1. The van der Waals surface area contributed by atoms with Crippen LogP contribution in [0.5, 0.6) is 0 Å². The third-order valence-corrected chi connectivity index (χ3v) is 4.82. The molecule has 140 valence electrons. The smallest absolute Gasteiger partial charge is 0.227 e. The molecule has 5 nitrogen and oxygen atoms in total. The molecular weight excluding hydrogens is 377 g/mol. The Balaban J connectivity index is 1.35. The van der Waals surface area contributed by atoms with E-state index in [1.54, 1.807) is 23.5 Å². The fourth-order valence-electron chi connectivity index (χ4n) is 2.72. The Labute approximate surface area is 164 Å². The van der Waals surface area contributed by atoms with Crippen LogP contribution in [0, 0.1) is 5.82 Å². The predicted octanol–water partition coefficient (Wildman–Crippen LogP) is 5.18. The maximum Gasteiger partial charge on any atom is 0.227 e. The molecule has 0 saturated carbocycles. The second-order valence-electron chi connectivity index (χ2n) is 6.16. The van der Waals surface area contributed by atoms with Crippen molar-refractivity contribution in [2.24, 2.45) is 0 Å². The van der Waals surface area contributed by atoms with E-state index in [0.29, 0.717) is 23.7 Å². The van der Waals surface area contributed by atoms with Crippen LogP contribution in [-0.2, 0) is 11.2 Å². The van der Waals surface area contributed by atoms with Gasteiger partial charge in [-0.1, -0.05) is 17.3 Å². The lowest BCUT2D eigenvalue weighted by atomic mass is 10.1. The van der Waals surface area contributed by atoms with Gasteiger partial charge >= 0.3 is 0 Å². The van der Waals surface area contributed by atoms with Crippen molar-refractivity contribution in [3.8, 4) is 22.5 Å². The molecular formula is C21H16FN3O2S. The zero-order valence-electron chi connectivity index (χ0n) is 14.8. The lowest BCUT2D eigenvalue weighted by Gasteiger charge is -2.06. The minimum absolute atomic E-state index is 0.135. The largest absolute Gasteiger partial charge is 0.339 e. The van der Waals surface area contributed by atoms with Gasteiger partial charge in [0.05, 0.1) is 0 Å². The van der Waals surface area contributed by atoms with Crippen LogP contribution in [0.3, 0.4) is 0 Å². The van der Waals surface area contributed by atoms with Gasteiger partial charge in [-0.2, -0.15) is 16.3 Å². The van der Waals surface area contributed by atoms with Gasteiger partial charge in [0.25, 0.3) is 0 Å². The fraction of sp³-hybridized carbons (Fsp3) is 0.0952. The average molecular weight is 393 g/mol. The minimum Gasteiger partial charge on any atom is -0.339 e. The SMILES string of the molecule is O=C(CCc1nc(-c2ccc(F)cc2)no1)Nc1cccc(-c2ccsc2)c1. The molecule has 0 aliphatic carbocycles. The van der Waals surface area contributed by atoms with E-state index in [0.717, 1.165) is 16.8 Å². The van der Waals surface area contributed by atoms with Crippen molar-refractivity contribution in [1.29, 1.82) is 0 Å². The van der Waals surface area contributed by atoms with Crippen LogP contribution in [0.2, 0.25) is 0 Å². The monoisotopic (exact) mass is 393 g/mol. The average Bonchev–Trinajstić information content (AvgIpc) is 3.40. The molecule has 0 saturated heterocycles. The molecule has 0 aliphatic rings. The number of benzene rings is 2. The number of halogens is 1. The second kappa shape index (κ2) is 8.14. The number of carbonyl (C=O) groups excluding carboxylic acids is 1. The molecule has 0 spiro atoms. The molecule has 0 bridgehead atoms. The standard InChI is InChI=1S/C21H16FN3O2S/c22-17-6-4-14(5-7-17)21-24-20(27-25-21)9-8-19(26)23-18-3-1-2-15(12-18)16-10-11-28-13-16/h1-7,10-13H,8-9H2,(H,23,26). The van der Waals surface area contributed by atoms with E-state index >= 15 is 0 Å². The number of rotatable bonds is 6. The molecule has 0 fully saturated rings. The highest BCUT2D eigenvalue weighted by Gasteiger charge is 2.11. The van der Waals surface area contributed by atoms with Crippen LogP contribution >= 0.6 is 11.3 Å². The minimum atomic E-state index is -0.327. The van der Waals surface area contributed by atoms with Gasteiger partial charge < -0.3 is 9.84 Å². The maximum atomic E-state index is 13.0. The first kappa shape index (κ1) is 18.1. The Hall–Kier alpha value is -3.32. The molecule has 1 N–H and O–H groups in total. The molecule has 28 heavy (non-hydrogen) atoms. The molecule has 7 heteroatoms. The first-order valence-electron chi connectivity index (χ1n) is 8.68. The summed E-state index contributed by atoms with van der Waals surface area (Å²) in [7, 11) is 0. The number of hydrogen-bond donors (Lipinski definition) is 1. The summed E-state index contributed by atoms with van der Waals surface area (Å²) < 4.78 is 18.2. The summed E-state index contributed by atoms with van der Waals surface area (Å²) in [5.41, 5.74) is 3.58. The predicted molar refractivity (Wildman–Crippen MR) is 106 cm³/mol. The van der Waals surface area contributed by atoms with Gasteiger partial charge in [-0.05, 0) is 64.4 Å². The Bertz CT molecular complexity index is 1080. The van der Waals surface area contributed by atoms with Gasteiger partial charge in [-0.25, -0.2) is 4.39 Å². The summed E-state index contributed by atoms with van der Waals surface area (Å²) >= 11 is 1.63. The van der Waals surface area contributed by atoms with Crippen molar-refractivity contribution in [2.45, 2.75) is 12.8 Å². The molecule has 2 heterocycles. The number of aromatic nitrogens is 2. The zero-order chi connectivity index (χ0) is 19.3. The van der Waals surface area contributed by atoms with Gasteiger partial charge in [0.2, 0.25) is 17.6 Å². The summed E-state index contributed by atoms with van der Waals surface area (Å²) in [6.45, 7) is 0. The van der Waals surface area contributed by atoms with Crippen LogP contribution < -0.4 is 5.32 Å². The van der Waals surface area contributed by atoms with E-state index in [1.807, 2.05) is 35.7 Å². The van der Waals surface area contributed by atoms with Crippen molar-refractivity contribution in [2.75, 3.05) is 5.32 Å². The molecule has 2 aromatic carbocycles. The van der Waals surface area contributed by atoms with Crippen LogP contribution in [-0.4, -0.2) is 16.0 Å². The quantitative estimate of drug-likeness (QED) is 0.490. The summed E-state index contributed by atoms with van der Waals surface area (Å²) in [5, 5.41) is 10.9. The molecule has 4 aromatic rings. The van der Waals surface area contributed by atoms with E-state index in [4.69, 9.17) is 4.52 Å². The lowest BCUT2D eigenvalue weighted by molar-refractivity contribution is -0.116. The number of aryl methyl sites for hydroxylation is 1. The van der Waals surface area contributed by atoms with Crippen molar-refractivity contribution in [1.82, 2.24) is 10.1 Å². The molecule has 0 radical (unpaired) electrons. The highest BCUT2D eigenvalue weighted by Crippen LogP contribution is 2.25. The summed E-state index contributed by atoms with van der Waals surface area (Å²) in [5.74, 6) is 0.275. The number of amides is 1. The van der Waals surface area contributed by atoms with Crippen LogP contribution in [0.15, 0.2) is 69.9 Å². The summed E-state index contributed by atoms with van der Waals surface area (Å²) in [6.07, 6.45) is 0.540. The molecule has 0 atom stereocenters. The van der Waals surface area contributed by atoms with E-state index in [9.17, 15) is 9.18 Å². The molecule has 0 unspecified atom stereocenters. The topological polar surface area (TPSA) is 68.0 Å². The van der Waals surface area contributed by atoms with E-state index in [-0.39, 0.29) is 18.1 Å². The van der Waals surface area contributed by atoms with Gasteiger partial charge in [0, 0.05) is 24.1 Å². The van der Waals surface area contributed by atoms with E-state index < -0.39 is 0 Å². The van der Waals surface area contributed by atoms with Gasteiger partial charge in [0.1, 0.15) is 5.82 Å². The third-order valence-electron chi connectivity index (χ3n) is 4.14. The normalized spacial score (nSPS) is 10.8. The first-order valence-corrected chi connectivity index (χ1v) is 9.63. The van der Waals surface area contributed by atoms with Crippen molar-refractivity contribution < 1.29 is 13.7 Å². The number of thiophene rings is 1. The molecule has 0 aliphatic heterocycles. The Kier molecular flexibility index (Phi) is 5.25. The Morgan fingerprint density at radius 1 is 1.07 bits per heavy atom. The summed E-state index contributed by atoms with van der Waals surface area (Å²) in [6, 6.07) is 15.6. The molecule has 4 rings (SSSR count). The number of nitrogens with zero attached hydrogens (tertiary/aromatic N) is 2. The Morgan fingerprint density at radius 2 is 1.93 bits per heavy atom. The number of carbonyl (C=O) groups is 1. The van der Waals surface area contributed by atoms with Crippen LogP contribution in [0.25, 0.3) is 22.5 Å². The maximum absolute atomic E-state index is 13.0. The van der Waals surface area contributed by atoms with E-state index in [2.05, 4.69) is 20.8 Å². The highest BCUT2D eigenvalue weighted by molar-refractivity contribution is 7.08. The van der Waals surface area contributed by atoms with Gasteiger partial charge in [-0.15, -0.1) is 0 Å². The summed E-state index contributed by atoms with van der Waals surface area (Å²) in [4.78, 5) is 16.5. The Morgan fingerprint density at radius 3 is 2.71 bits per heavy atom. The second-order valence-corrected chi connectivity index (χ2v) is 6.94. The number of anilines is 1. The number of hydrogen-bond acceptors (Lipinski definition) is 5. The fourth-order valence-corrected chi connectivity index (χ4v) is 3.39. The third kappa shape index (κ3) is 4.32. The van der Waals surface area contributed by atoms with Crippen molar-refractivity contribution in [3.63, 3.8) is 0 Å². The zero-order valence-corrected chi connectivity index (χ0v) is 15.6. The van der Waals surface area contributed by atoms with Crippen molar-refractivity contribution in [3.05, 3.63) is 77.1 Å². The van der Waals surface area contributed by atoms with Crippen LogP contribution in [0.1, 0.15) is 12.3 Å². The highest BCUT2D eigenvalue weighted by atomic mass is 32.1. The molecule has 2 aromatic heterocycles. The van der Waals surface area contributed by atoms with Gasteiger partial charge in [-0.3, -0.25) is 4.79 Å². The first-order chi connectivity index (χ1) is 13.7. The van der Waals surface area contributed by atoms with Gasteiger partial charge in [0.15, 0.2) is 0 Å². The lowest BCUT2D eigenvalue weighted by Crippen LogP contribution is -2.12. The van der Waals surface area contributed by atoms with Crippen LogP contribution in [0.4, 0.5) is 10.1 Å².